The molecule has 0 bridgehead atoms. The maximum absolute atomic E-state index is 12.8. The van der Waals surface area contributed by atoms with Gasteiger partial charge in [0, 0.05) is 38.8 Å². The maximum atomic E-state index is 12.8. The van der Waals surface area contributed by atoms with Crippen LogP contribution >= 0.6 is 12.4 Å². The molecule has 1 heterocycles. The van der Waals surface area contributed by atoms with Gasteiger partial charge in [-0.3, -0.25) is 4.90 Å². The molecule has 0 saturated carbocycles. The first-order valence-corrected chi connectivity index (χ1v) is 9.85. The second-order valence-electron chi connectivity index (χ2n) is 6.34. The molecule has 0 unspecified atom stereocenters. The standard InChI is InChI=1S/C19H24N2O3S.ClH/c1-16-6-8-17(9-7-16)15-20-10-12-21(13-11-20)25(22,23)19-5-3-4-18(14-19)24-2;/h3-9,14H,10-13,15H2,1-2H3;1H. The molecule has 3 rings (SSSR count). The van der Waals surface area contributed by atoms with E-state index in [1.54, 1.807) is 28.6 Å². The van der Waals surface area contributed by atoms with Crippen molar-refractivity contribution < 1.29 is 13.2 Å². The lowest BCUT2D eigenvalue weighted by molar-refractivity contribution is 0.181. The first kappa shape index (κ1) is 20.7. The number of methoxy groups -OCH3 is 1. The van der Waals surface area contributed by atoms with E-state index in [1.165, 1.54) is 18.2 Å². The van der Waals surface area contributed by atoms with E-state index in [2.05, 4.69) is 36.1 Å². The molecule has 1 fully saturated rings. The molecule has 142 valence electrons. The van der Waals surface area contributed by atoms with Gasteiger partial charge in [-0.05, 0) is 24.6 Å². The van der Waals surface area contributed by atoms with Crippen LogP contribution in [-0.2, 0) is 16.6 Å². The Balaban J connectivity index is 0.00000243. The van der Waals surface area contributed by atoms with Gasteiger partial charge in [-0.15, -0.1) is 12.4 Å². The predicted molar refractivity (Wildman–Crippen MR) is 105 cm³/mol. The van der Waals surface area contributed by atoms with Gasteiger partial charge in [-0.1, -0.05) is 35.9 Å². The fraction of sp³-hybridized carbons (Fsp3) is 0.368. The third kappa shape index (κ3) is 4.76. The lowest BCUT2D eigenvalue weighted by atomic mass is 10.1. The zero-order valence-electron chi connectivity index (χ0n) is 15.1. The van der Waals surface area contributed by atoms with Crippen LogP contribution in [0.5, 0.6) is 5.75 Å². The van der Waals surface area contributed by atoms with Crippen LogP contribution in [-0.4, -0.2) is 50.9 Å². The minimum absolute atomic E-state index is 0. The summed E-state index contributed by atoms with van der Waals surface area (Å²) in [6, 6.07) is 15.1. The summed E-state index contributed by atoms with van der Waals surface area (Å²) in [6.45, 7) is 5.41. The number of benzene rings is 2. The molecule has 0 atom stereocenters. The van der Waals surface area contributed by atoms with Crippen molar-refractivity contribution in [3.63, 3.8) is 0 Å². The molecular formula is C19H25ClN2O3S. The first-order valence-electron chi connectivity index (χ1n) is 8.41. The molecule has 0 N–H and O–H groups in total. The van der Waals surface area contributed by atoms with Crippen LogP contribution in [0.15, 0.2) is 53.4 Å². The molecule has 1 aliphatic rings. The summed E-state index contributed by atoms with van der Waals surface area (Å²) in [7, 11) is -1.93. The van der Waals surface area contributed by atoms with Gasteiger partial charge in [0.2, 0.25) is 10.0 Å². The Bertz CT molecular complexity index is 817. The summed E-state index contributed by atoms with van der Waals surface area (Å²) in [4.78, 5) is 2.58. The van der Waals surface area contributed by atoms with Crippen LogP contribution in [0.3, 0.4) is 0 Å². The maximum Gasteiger partial charge on any atom is 0.243 e. The van der Waals surface area contributed by atoms with Crippen molar-refractivity contribution in [2.75, 3.05) is 33.3 Å². The number of hydrogen-bond donors (Lipinski definition) is 0. The van der Waals surface area contributed by atoms with E-state index in [0.717, 1.165) is 19.6 Å². The first-order chi connectivity index (χ1) is 12.0. The number of nitrogens with zero attached hydrogens (tertiary/aromatic N) is 2. The van der Waals surface area contributed by atoms with Crippen molar-refractivity contribution in [2.45, 2.75) is 18.4 Å². The quantitative estimate of drug-likeness (QED) is 0.779. The lowest BCUT2D eigenvalue weighted by Crippen LogP contribution is -2.48. The van der Waals surface area contributed by atoms with E-state index in [-0.39, 0.29) is 12.4 Å². The van der Waals surface area contributed by atoms with Crippen molar-refractivity contribution in [2.24, 2.45) is 0 Å². The van der Waals surface area contributed by atoms with Gasteiger partial charge < -0.3 is 4.74 Å². The summed E-state index contributed by atoms with van der Waals surface area (Å²) in [5.41, 5.74) is 2.51. The smallest absolute Gasteiger partial charge is 0.243 e. The van der Waals surface area contributed by atoms with Gasteiger partial charge in [-0.2, -0.15) is 4.31 Å². The number of piperazine rings is 1. The van der Waals surface area contributed by atoms with E-state index in [0.29, 0.717) is 23.7 Å². The van der Waals surface area contributed by atoms with Crippen LogP contribution in [0.2, 0.25) is 0 Å². The van der Waals surface area contributed by atoms with Crippen LogP contribution in [0, 0.1) is 6.92 Å². The topological polar surface area (TPSA) is 49.9 Å². The molecule has 2 aromatic rings. The molecular weight excluding hydrogens is 372 g/mol. The van der Waals surface area contributed by atoms with E-state index >= 15 is 0 Å². The van der Waals surface area contributed by atoms with Crippen LogP contribution in [0.25, 0.3) is 0 Å². The summed E-state index contributed by atoms with van der Waals surface area (Å²) >= 11 is 0. The number of hydrogen-bond acceptors (Lipinski definition) is 4. The molecule has 26 heavy (non-hydrogen) atoms. The zero-order chi connectivity index (χ0) is 17.9. The molecule has 0 aromatic heterocycles. The highest BCUT2D eigenvalue weighted by atomic mass is 35.5. The van der Waals surface area contributed by atoms with E-state index in [1.807, 2.05) is 0 Å². The summed E-state index contributed by atoms with van der Waals surface area (Å²) < 4.78 is 32.3. The predicted octanol–water partition coefficient (Wildman–Crippen LogP) is 2.93. The van der Waals surface area contributed by atoms with Crippen molar-refractivity contribution in [1.29, 1.82) is 0 Å². The van der Waals surface area contributed by atoms with E-state index in [9.17, 15) is 8.42 Å². The highest BCUT2D eigenvalue weighted by Gasteiger charge is 2.28. The van der Waals surface area contributed by atoms with Gasteiger partial charge in [0.25, 0.3) is 0 Å². The molecule has 7 heteroatoms. The van der Waals surface area contributed by atoms with Gasteiger partial charge >= 0.3 is 0 Å². The average Bonchev–Trinajstić information content (AvgIpc) is 2.64. The van der Waals surface area contributed by atoms with Crippen LogP contribution in [0.1, 0.15) is 11.1 Å². The molecule has 1 saturated heterocycles. The van der Waals surface area contributed by atoms with Gasteiger partial charge in [0.05, 0.1) is 12.0 Å². The Morgan fingerprint density at radius 2 is 1.65 bits per heavy atom. The highest BCUT2D eigenvalue weighted by molar-refractivity contribution is 7.89. The zero-order valence-corrected chi connectivity index (χ0v) is 16.7. The molecule has 0 spiro atoms. The van der Waals surface area contributed by atoms with E-state index < -0.39 is 10.0 Å². The highest BCUT2D eigenvalue weighted by Crippen LogP contribution is 2.22. The monoisotopic (exact) mass is 396 g/mol. The fourth-order valence-corrected chi connectivity index (χ4v) is 4.45. The number of halogens is 1. The lowest BCUT2D eigenvalue weighted by Gasteiger charge is -2.34. The number of ether oxygens (including phenoxy) is 1. The second kappa shape index (κ2) is 8.86. The normalized spacial score (nSPS) is 16.1. The third-order valence-corrected chi connectivity index (χ3v) is 6.43. The van der Waals surface area contributed by atoms with Gasteiger partial charge in [0.1, 0.15) is 5.75 Å². The Labute approximate surface area is 162 Å². The largest absolute Gasteiger partial charge is 0.497 e. The molecule has 1 aliphatic heterocycles. The minimum Gasteiger partial charge on any atom is -0.497 e. The third-order valence-electron chi connectivity index (χ3n) is 4.54. The molecule has 0 aliphatic carbocycles. The Morgan fingerprint density at radius 3 is 2.27 bits per heavy atom. The molecule has 0 amide bonds. The number of aryl methyl sites for hydroxylation is 1. The number of sulfonamides is 1. The second-order valence-corrected chi connectivity index (χ2v) is 8.28. The Hall–Kier alpha value is -1.60. The Morgan fingerprint density at radius 1 is 1.00 bits per heavy atom. The minimum atomic E-state index is -3.47. The fourth-order valence-electron chi connectivity index (χ4n) is 2.99. The SMILES string of the molecule is COc1cccc(S(=O)(=O)N2CCN(Cc3ccc(C)cc3)CC2)c1.Cl. The van der Waals surface area contributed by atoms with Gasteiger partial charge in [-0.25, -0.2) is 8.42 Å². The van der Waals surface area contributed by atoms with Crippen molar-refractivity contribution in [3.05, 3.63) is 59.7 Å². The summed E-state index contributed by atoms with van der Waals surface area (Å²) in [6.07, 6.45) is 0. The van der Waals surface area contributed by atoms with Gasteiger partial charge in [0.15, 0.2) is 0 Å². The van der Waals surface area contributed by atoms with Crippen molar-refractivity contribution in [1.82, 2.24) is 9.21 Å². The Kier molecular flexibility index (Phi) is 7.06. The van der Waals surface area contributed by atoms with Crippen molar-refractivity contribution in [3.8, 4) is 5.75 Å². The molecule has 2 aromatic carbocycles. The summed E-state index contributed by atoms with van der Waals surface area (Å²) in [5, 5.41) is 0. The average molecular weight is 397 g/mol. The van der Waals surface area contributed by atoms with Crippen LogP contribution < -0.4 is 4.74 Å². The van der Waals surface area contributed by atoms with E-state index in [4.69, 9.17) is 4.74 Å². The van der Waals surface area contributed by atoms with Crippen LogP contribution in [0.4, 0.5) is 0 Å². The van der Waals surface area contributed by atoms with Crippen molar-refractivity contribution >= 4 is 22.4 Å². The molecule has 0 radical (unpaired) electrons. The summed E-state index contributed by atoms with van der Waals surface area (Å²) in [5.74, 6) is 0.555. The number of rotatable bonds is 5. The molecule has 5 nitrogen and oxygen atoms in total.